The highest BCUT2D eigenvalue weighted by Crippen LogP contribution is 2.22. The van der Waals surface area contributed by atoms with Crippen LogP contribution in [0.1, 0.15) is 35.3 Å². The second kappa shape index (κ2) is 4.13. The van der Waals surface area contributed by atoms with Gasteiger partial charge in [-0.25, -0.2) is 8.78 Å². The van der Waals surface area contributed by atoms with Crippen LogP contribution in [0.15, 0.2) is 12.3 Å². The maximum Gasteiger partial charge on any atom is 0.240 e. The number of Topliss-reactive ketones (excluding diaryl/α,β-unsaturated/α-hetero) is 1. The standard InChI is InChI=1S/C11H13F2NO/c12-11(13)5-7-14-6-4-8-9(14)2-1-3-10(8)15/h4,6,11H,1-3,5,7H2. The van der Waals surface area contributed by atoms with Crippen molar-refractivity contribution in [2.45, 2.75) is 38.7 Å². The van der Waals surface area contributed by atoms with Gasteiger partial charge in [0.15, 0.2) is 5.78 Å². The number of carbonyl (C=O) groups is 1. The van der Waals surface area contributed by atoms with Crippen LogP contribution in [-0.4, -0.2) is 16.8 Å². The number of ketones is 1. The zero-order valence-electron chi connectivity index (χ0n) is 8.38. The van der Waals surface area contributed by atoms with E-state index in [-0.39, 0.29) is 12.2 Å². The summed E-state index contributed by atoms with van der Waals surface area (Å²) in [6.07, 6.45) is 1.58. The van der Waals surface area contributed by atoms with E-state index >= 15 is 0 Å². The first-order valence-electron chi connectivity index (χ1n) is 5.18. The Morgan fingerprint density at radius 3 is 2.93 bits per heavy atom. The Labute approximate surface area is 86.9 Å². The SMILES string of the molecule is O=C1CCCc2c1ccn2CCC(F)F. The quantitative estimate of drug-likeness (QED) is 0.756. The average Bonchev–Trinajstić information content (AvgIpc) is 2.59. The fraction of sp³-hybridized carbons (Fsp3) is 0.545. The molecule has 0 atom stereocenters. The molecule has 0 N–H and O–H groups in total. The smallest absolute Gasteiger partial charge is 0.240 e. The highest BCUT2D eigenvalue weighted by atomic mass is 19.3. The van der Waals surface area contributed by atoms with Crippen molar-refractivity contribution >= 4 is 5.78 Å². The molecule has 82 valence electrons. The lowest BCUT2D eigenvalue weighted by molar-refractivity contribution is 0.0971. The van der Waals surface area contributed by atoms with Crippen LogP contribution in [0, 0.1) is 0 Å². The van der Waals surface area contributed by atoms with Crippen LogP contribution in [0.25, 0.3) is 0 Å². The molecule has 1 aliphatic carbocycles. The molecular weight excluding hydrogens is 200 g/mol. The summed E-state index contributed by atoms with van der Waals surface area (Å²) in [6.45, 7) is 0.306. The number of rotatable bonds is 3. The van der Waals surface area contributed by atoms with E-state index in [4.69, 9.17) is 0 Å². The molecular formula is C11H13F2NO. The van der Waals surface area contributed by atoms with Crippen molar-refractivity contribution in [2.75, 3.05) is 0 Å². The Morgan fingerprint density at radius 1 is 1.40 bits per heavy atom. The maximum absolute atomic E-state index is 12.1. The maximum atomic E-state index is 12.1. The molecule has 15 heavy (non-hydrogen) atoms. The predicted molar refractivity (Wildman–Crippen MR) is 52.3 cm³/mol. The van der Waals surface area contributed by atoms with Crippen LogP contribution in [0.3, 0.4) is 0 Å². The molecule has 1 aliphatic rings. The summed E-state index contributed by atoms with van der Waals surface area (Å²) in [4.78, 5) is 11.5. The van der Waals surface area contributed by atoms with Gasteiger partial charge >= 0.3 is 0 Å². The fourth-order valence-electron chi connectivity index (χ4n) is 2.03. The Kier molecular flexibility index (Phi) is 2.84. The van der Waals surface area contributed by atoms with Gasteiger partial charge in [-0.05, 0) is 18.9 Å². The third-order valence-corrected chi connectivity index (χ3v) is 2.78. The first kappa shape index (κ1) is 10.3. The zero-order valence-corrected chi connectivity index (χ0v) is 8.38. The molecule has 0 radical (unpaired) electrons. The van der Waals surface area contributed by atoms with Gasteiger partial charge in [0.05, 0.1) is 0 Å². The molecule has 1 aromatic heterocycles. The normalized spacial score (nSPS) is 15.8. The summed E-state index contributed by atoms with van der Waals surface area (Å²) < 4.78 is 25.9. The van der Waals surface area contributed by atoms with Crippen molar-refractivity contribution in [1.29, 1.82) is 0 Å². The van der Waals surface area contributed by atoms with Gasteiger partial charge in [0.2, 0.25) is 6.43 Å². The third kappa shape index (κ3) is 2.08. The fourth-order valence-corrected chi connectivity index (χ4v) is 2.03. The Balaban J connectivity index is 2.16. The number of carbonyl (C=O) groups excluding carboxylic acids is 1. The van der Waals surface area contributed by atoms with Crippen LogP contribution in [0.2, 0.25) is 0 Å². The molecule has 1 aromatic rings. The molecule has 0 spiro atoms. The lowest BCUT2D eigenvalue weighted by Crippen LogP contribution is -2.13. The molecule has 0 bridgehead atoms. The minimum atomic E-state index is -2.28. The minimum absolute atomic E-state index is 0.144. The Bertz CT molecular complexity index is 371. The molecule has 1 heterocycles. The second-order valence-corrected chi connectivity index (χ2v) is 3.83. The Hall–Kier alpha value is -1.19. The highest BCUT2D eigenvalue weighted by molar-refractivity contribution is 5.98. The van der Waals surface area contributed by atoms with E-state index in [9.17, 15) is 13.6 Å². The summed E-state index contributed by atoms with van der Waals surface area (Å²) in [5.74, 6) is 0.145. The minimum Gasteiger partial charge on any atom is -0.350 e. The molecule has 0 fully saturated rings. The molecule has 0 saturated heterocycles. The van der Waals surface area contributed by atoms with Gasteiger partial charge in [0.1, 0.15) is 0 Å². The molecule has 0 amide bonds. The molecule has 0 saturated carbocycles. The van der Waals surface area contributed by atoms with E-state index in [1.165, 1.54) is 0 Å². The van der Waals surface area contributed by atoms with Crippen molar-refractivity contribution in [3.63, 3.8) is 0 Å². The van der Waals surface area contributed by atoms with E-state index in [2.05, 4.69) is 0 Å². The van der Waals surface area contributed by atoms with Crippen LogP contribution in [0.5, 0.6) is 0 Å². The van der Waals surface area contributed by atoms with E-state index in [1.54, 1.807) is 16.8 Å². The number of halogens is 2. The number of fused-ring (bicyclic) bond motifs is 1. The molecule has 0 unspecified atom stereocenters. The van der Waals surface area contributed by atoms with Crippen LogP contribution < -0.4 is 0 Å². The van der Waals surface area contributed by atoms with E-state index in [1.807, 2.05) is 0 Å². The van der Waals surface area contributed by atoms with Gasteiger partial charge in [-0.2, -0.15) is 0 Å². The number of hydrogen-bond donors (Lipinski definition) is 0. The molecule has 0 aromatic carbocycles. The number of aryl methyl sites for hydroxylation is 1. The van der Waals surface area contributed by atoms with E-state index in [0.717, 1.165) is 24.1 Å². The first-order valence-corrected chi connectivity index (χ1v) is 5.18. The van der Waals surface area contributed by atoms with Gasteiger partial charge < -0.3 is 4.57 Å². The van der Waals surface area contributed by atoms with Crippen molar-refractivity contribution in [1.82, 2.24) is 4.57 Å². The van der Waals surface area contributed by atoms with Crippen LogP contribution in [-0.2, 0) is 13.0 Å². The van der Waals surface area contributed by atoms with Gasteiger partial charge in [0, 0.05) is 36.8 Å². The monoisotopic (exact) mass is 213 g/mol. The van der Waals surface area contributed by atoms with E-state index < -0.39 is 6.43 Å². The van der Waals surface area contributed by atoms with Crippen molar-refractivity contribution in [3.05, 3.63) is 23.5 Å². The third-order valence-electron chi connectivity index (χ3n) is 2.78. The molecule has 0 aliphatic heterocycles. The molecule has 2 nitrogen and oxygen atoms in total. The first-order chi connectivity index (χ1) is 7.18. The van der Waals surface area contributed by atoms with Crippen molar-refractivity contribution in [3.8, 4) is 0 Å². The molecule has 2 rings (SSSR count). The summed E-state index contributed by atoms with van der Waals surface area (Å²) in [6, 6.07) is 1.75. The largest absolute Gasteiger partial charge is 0.350 e. The lowest BCUT2D eigenvalue weighted by atomic mass is 9.97. The number of alkyl halides is 2. The average molecular weight is 213 g/mol. The van der Waals surface area contributed by atoms with Gasteiger partial charge in [-0.15, -0.1) is 0 Å². The summed E-state index contributed by atoms with van der Waals surface area (Å²) in [7, 11) is 0. The molecule has 4 heteroatoms. The number of aromatic nitrogens is 1. The number of hydrogen-bond acceptors (Lipinski definition) is 1. The predicted octanol–water partition coefficient (Wildman–Crippen LogP) is 2.66. The van der Waals surface area contributed by atoms with Gasteiger partial charge in [-0.3, -0.25) is 4.79 Å². The summed E-state index contributed by atoms with van der Waals surface area (Å²) in [5, 5.41) is 0. The Morgan fingerprint density at radius 2 is 2.20 bits per heavy atom. The van der Waals surface area contributed by atoms with Gasteiger partial charge in [-0.1, -0.05) is 0 Å². The van der Waals surface area contributed by atoms with E-state index in [0.29, 0.717) is 13.0 Å². The number of nitrogens with zero attached hydrogens (tertiary/aromatic N) is 1. The summed E-state index contributed by atoms with van der Waals surface area (Å²) >= 11 is 0. The van der Waals surface area contributed by atoms with Gasteiger partial charge in [0.25, 0.3) is 0 Å². The topological polar surface area (TPSA) is 22.0 Å². The van der Waals surface area contributed by atoms with Crippen LogP contribution in [0.4, 0.5) is 8.78 Å². The lowest BCUT2D eigenvalue weighted by Gasteiger charge is -2.14. The second-order valence-electron chi connectivity index (χ2n) is 3.83. The summed E-state index contributed by atoms with van der Waals surface area (Å²) in [5.41, 5.74) is 1.67. The van der Waals surface area contributed by atoms with Crippen molar-refractivity contribution < 1.29 is 13.6 Å². The highest BCUT2D eigenvalue weighted by Gasteiger charge is 2.20. The zero-order chi connectivity index (χ0) is 10.8. The van der Waals surface area contributed by atoms with Crippen LogP contribution >= 0.6 is 0 Å². The van der Waals surface area contributed by atoms with Crippen molar-refractivity contribution in [2.24, 2.45) is 0 Å².